The molecule has 5 unspecified atom stereocenters. The Bertz CT molecular complexity index is 2490. The van der Waals surface area contributed by atoms with E-state index < -0.39 is 91.5 Å². The molecule has 5 atom stereocenters. The standard InChI is InChI=1S/C95H170O16P2/c1-4-7-10-13-16-19-22-25-28-30-32-34-36-38-40-41-42-43-44-45-46-47-49-51-52-54-56-58-61-63-66-69-72-75-78-81-93(98)105-84-90(96)85-107-112(101,102)108-86-91(97)87-109-113(103,104)110-89-92(111-95(100)83-80-77-74-71-68-65-60-27-24-21-18-15-12-9-6-3)88-106-94(99)82-79-76-73-70-67-64-62-59-57-55-53-50-48-39-37-35-33-31-29-26-23-20-17-14-11-8-5-2/h7,10,16-17,19-20,25-26,28-29,32-35,38-40,48,90-92,96-97H,4-6,8-9,11-15,18,21-24,27,30-31,36-37,41-47,49-89H2,1-3H3,(H,101,102)(H,103,104)/b10-7-,19-16-,20-17-,28-25-,29-26-,34-32-,35-33-,40-38-,48-39-. The minimum Gasteiger partial charge on any atom is -0.463 e. The Balaban J connectivity index is 4.41. The van der Waals surface area contributed by atoms with Crippen LogP contribution in [0.1, 0.15) is 419 Å². The number of allylic oxidation sites excluding steroid dienone is 18. The minimum absolute atomic E-state index is 0.109. The van der Waals surface area contributed by atoms with Crippen LogP contribution in [0.25, 0.3) is 0 Å². The number of hydrogen-bond donors (Lipinski definition) is 4. The number of carbonyl (C=O) groups is 3. The third-order valence-corrected chi connectivity index (χ3v) is 21.9. The number of esters is 3. The number of aliphatic hydroxyl groups excluding tert-OH is 2. The van der Waals surface area contributed by atoms with Gasteiger partial charge in [-0.05, 0) is 109 Å². The van der Waals surface area contributed by atoms with E-state index in [1.165, 1.54) is 231 Å². The van der Waals surface area contributed by atoms with E-state index in [0.717, 1.165) is 128 Å². The molecular formula is C95H170O16P2. The number of rotatable bonds is 88. The fourth-order valence-electron chi connectivity index (χ4n) is 13.0. The first-order chi connectivity index (χ1) is 55.2. The summed E-state index contributed by atoms with van der Waals surface area (Å²) in [4.78, 5) is 58.9. The maximum atomic E-state index is 13.0. The Morgan fingerprint density at radius 3 is 0.761 bits per heavy atom. The van der Waals surface area contributed by atoms with E-state index in [4.69, 9.17) is 32.3 Å². The molecule has 0 aliphatic rings. The van der Waals surface area contributed by atoms with Crippen molar-refractivity contribution in [3.63, 3.8) is 0 Å². The van der Waals surface area contributed by atoms with E-state index in [1.807, 2.05) is 0 Å². The van der Waals surface area contributed by atoms with Gasteiger partial charge in [0.15, 0.2) is 6.10 Å². The molecule has 0 saturated heterocycles. The number of carbonyl (C=O) groups excluding carboxylic acids is 3. The number of ether oxygens (including phenoxy) is 3. The van der Waals surface area contributed by atoms with Crippen molar-refractivity contribution in [2.24, 2.45) is 0 Å². The maximum absolute atomic E-state index is 13.0. The van der Waals surface area contributed by atoms with Crippen molar-refractivity contribution in [1.29, 1.82) is 0 Å². The summed E-state index contributed by atoms with van der Waals surface area (Å²) in [6.45, 7) is 2.62. The molecule has 18 heteroatoms. The average molecular weight is 1630 g/mol. The van der Waals surface area contributed by atoms with E-state index in [9.17, 15) is 43.5 Å². The van der Waals surface area contributed by atoms with Gasteiger partial charge in [0.1, 0.15) is 25.4 Å². The normalized spacial score (nSPS) is 14.3. The summed E-state index contributed by atoms with van der Waals surface area (Å²) < 4.78 is 61.4. The summed E-state index contributed by atoms with van der Waals surface area (Å²) in [5, 5.41) is 20.7. The predicted molar refractivity (Wildman–Crippen MR) is 473 cm³/mol. The molecule has 0 bridgehead atoms. The second-order valence-corrected chi connectivity index (χ2v) is 34.0. The zero-order valence-electron chi connectivity index (χ0n) is 72.3. The molecule has 0 fully saturated rings. The highest BCUT2D eigenvalue weighted by Crippen LogP contribution is 2.45. The quantitative estimate of drug-likeness (QED) is 0.0146. The van der Waals surface area contributed by atoms with Gasteiger partial charge in [0, 0.05) is 19.3 Å². The van der Waals surface area contributed by atoms with Crippen molar-refractivity contribution in [2.45, 2.75) is 437 Å². The first-order valence-corrected chi connectivity index (χ1v) is 49.2. The van der Waals surface area contributed by atoms with Gasteiger partial charge in [-0.25, -0.2) is 9.13 Å². The van der Waals surface area contributed by atoms with Crippen molar-refractivity contribution in [3.8, 4) is 0 Å². The second kappa shape index (κ2) is 87.5. The minimum atomic E-state index is -4.93. The van der Waals surface area contributed by atoms with Crippen LogP contribution in [-0.4, -0.2) is 95.9 Å². The van der Waals surface area contributed by atoms with Crippen LogP contribution < -0.4 is 0 Å². The lowest BCUT2D eigenvalue weighted by atomic mass is 10.0. The van der Waals surface area contributed by atoms with E-state index in [2.05, 4.69) is 130 Å². The Kier molecular flexibility index (Phi) is 84.6. The fourth-order valence-corrected chi connectivity index (χ4v) is 14.6. The third kappa shape index (κ3) is 88.9. The average Bonchev–Trinajstić information content (AvgIpc) is 0.904. The molecule has 0 aromatic carbocycles. The molecule has 0 aromatic heterocycles. The Hall–Kier alpha value is -3.79. The molecule has 113 heavy (non-hydrogen) atoms. The number of phosphoric ester groups is 2. The molecule has 0 saturated carbocycles. The van der Waals surface area contributed by atoms with Crippen LogP contribution in [0.5, 0.6) is 0 Å². The number of aliphatic hydroxyl groups is 2. The summed E-state index contributed by atoms with van der Waals surface area (Å²) in [5.41, 5.74) is 0. The predicted octanol–water partition coefficient (Wildman–Crippen LogP) is 28.2. The molecule has 0 aliphatic heterocycles. The molecule has 0 heterocycles. The van der Waals surface area contributed by atoms with Crippen LogP contribution in [-0.2, 0) is 55.8 Å². The smallest absolute Gasteiger partial charge is 0.463 e. The van der Waals surface area contributed by atoms with Crippen LogP contribution in [0.3, 0.4) is 0 Å². The Labute approximate surface area is 691 Å². The van der Waals surface area contributed by atoms with Gasteiger partial charge in [-0.1, -0.05) is 400 Å². The van der Waals surface area contributed by atoms with Crippen molar-refractivity contribution in [2.75, 3.05) is 39.6 Å². The highest BCUT2D eigenvalue weighted by molar-refractivity contribution is 7.47. The van der Waals surface area contributed by atoms with Crippen LogP contribution in [0.15, 0.2) is 109 Å². The summed E-state index contributed by atoms with van der Waals surface area (Å²) in [7, 11) is -9.79. The second-order valence-electron chi connectivity index (χ2n) is 31.1. The molecule has 0 aliphatic carbocycles. The maximum Gasteiger partial charge on any atom is 0.472 e. The molecule has 4 N–H and O–H groups in total. The van der Waals surface area contributed by atoms with Crippen LogP contribution in [0.4, 0.5) is 0 Å². The van der Waals surface area contributed by atoms with Crippen molar-refractivity contribution in [3.05, 3.63) is 109 Å². The van der Waals surface area contributed by atoms with Crippen LogP contribution in [0, 0.1) is 0 Å². The SMILES string of the molecule is CC/C=C\C/C=C\C/C=C\C/C=C\C/C=C\CCCCCCCCCCCCCCCCCCCCCC(=O)OCC(O)COP(=O)(O)OCC(O)COP(=O)(O)OCC(COC(=O)CCCCCCCCCCCCC/C=C\C/C=C\C/C=C\C/C=C\CCCCC)OC(=O)CCCCCCCCCCCCCCCCC. The van der Waals surface area contributed by atoms with E-state index in [-0.39, 0.29) is 19.3 Å². The van der Waals surface area contributed by atoms with E-state index >= 15 is 0 Å². The topological polar surface area (TPSA) is 231 Å². The summed E-state index contributed by atoms with van der Waals surface area (Å²) in [5.74, 6) is -1.55. The Morgan fingerprint density at radius 1 is 0.257 bits per heavy atom. The molecule has 0 spiro atoms. The zero-order valence-corrected chi connectivity index (χ0v) is 74.1. The highest BCUT2D eigenvalue weighted by Gasteiger charge is 2.29. The molecule has 0 amide bonds. The van der Waals surface area contributed by atoms with Gasteiger partial charge in [0.2, 0.25) is 0 Å². The van der Waals surface area contributed by atoms with Gasteiger partial charge in [0.05, 0.1) is 26.4 Å². The van der Waals surface area contributed by atoms with E-state index in [1.54, 1.807) is 0 Å². The zero-order chi connectivity index (χ0) is 82.2. The molecule has 0 rings (SSSR count). The van der Waals surface area contributed by atoms with Gasteiger partial charge in [-0.3, -0.25) is 32.5 Å². The third-order valence-electron chi connectivity index (χ3n) is 20.0. The number of hydrogen-bond acceptors (Lipinski definition) is 14. The first-order valence-electron chi connectivity index (χ1n) is 46.2. The van der Waals surface area contributed by atoms with Gasteiger partial charge >= 0.3 is 33.6 Å². The monoisotopic (exact) mass is 1630 g/mol. The lowest BCUT2D eigenvalue weighted by Crippen LogP contribution is -2.30. The summed E-state index contributed by atoms with van der Waals surface area (Å²) in [6.07, 6.45) is 106. The number of unbranched alkanes of at least 4 members (excludes halogenated alkanes) is 47. The van der Waals surface area contributed by atoms with Gasteiger partial charge < -0.3 is 34.2 Å². The molecule has 0 aromatic rings. The van der Waals surface area contributed by atoms with Crippen molar-refractivity contribution in [1.82, 2.24) is 0 Å². The van der Waals surface area contributed by atoms with Gasteiger partial charge in [0.25, 0.3) is 0 Å². The van der Waals surface area contributed by atoms with Crippen LogP contribution >= 0.6 is 15.6 Å². The molecular weight excluding hydrogens is 1460 g/mol. The highest BCUT2D eigenvalue weighted by atomic mass is 31.2. The van der Waals surface area contributed by atoms with Crippen LogP contribution in [0.2, 0.25) is 0 Å². The van der Waals surface area contributed by atoms with Gasteiger partial charge in [-0.15, -0.1) is 0 Å². The lowest BCUT2D eigenvalue weighted by Gasteiger charge is -2.21. The first kappa shape index (κ1) is 109. The summed E-state index contributed by atoms with van der Waals surface area (Å²) in [6, 6.07) is 0. The Morgan fingerprint density at radius 2 is 0.469 bits per heavy atom. The fraction of sp³-hybridized carbons (Fsp3) is 0.779. The van der Waals surface area contributed by atoms with Crippen molar-refractivity contribution < 1.29 is 75.8 Å². The number of phosphoric acid groups is 2. The van der Waals surface area contributed by atoms with Gasteiger partial charge in [-0.2, -0.15) is 0 Å². The lowest BCUT2D eigenvalue weighted by molar-refractivity contribution is -0.161. The largest absolute Gasteiger partial charge is 0.472 e. The molecule has 656 valence electrons. The summed E-state index contributed by atoms with van der Waals surface area (Å²) >= 11 is 0. The van der Waals surface area contributed by atoms with E-state index in [0.29, 0.717) is 19.3 Å². The van der Waals surface area contributed by atoms with Crippen molar-refractivity contribution >= 4 is 33.6 Å². The molecule has 0 radical (unpaired) electrons. The molecule has 16 nitrogen and oxygen atoms in total.